The minimum atomic E-state index is -2.75. The number of amides is 1. The van der Waals surface area contributed by atoms with Crippen LogP contribution >= 0.6 is 0 Å². The van der Waals surface area contributed by atoms with Gasteiger partial charge in [0.2, 0.25) is 5.91 Å². The van der Waals surface area contributed by atoms with Crippen molar-refractivity contribution in [2.24, 2.45) is 0 Å². The first kappa shape index (κ1) is 27.7. The molecule has 0 unspecified atom stereocenters. The molecule has 16 nitrogen and oxygen atoms in total. The number of carbonyl (C=O) groups excluding carboxylic acids is 1. The van der Waals surface area contributed by atoms with E-state index < -0.39 is 105 Å². The lowest BCUT2D eigenvalue weighted by Crippen LogP contribution is -2.68. The van der Waals surface area contributed by atoms with Gasteiger partial charge in [0.15, 0.2) is 6.29 Å². The molecule has 0 bridgehead atoms. The van der Waals surface area contributed by atoms with E-state index in [0.717, 1.165) is 0 Å². The zero-order valence-electron chi connectivity index (χ0n) is 17.1. The topological polar surface area (TPSA) is 276 Å². The number of carboxylic acids is 1. The lowest BCUT2D eigenvalue weighted by Gasteiger charge is -2.47. The zero-order valence-corrected chi connectivity index (χ0v) is 17.1. The van der Waals surface area contributed by atoms with Crippen LogP contribution in [0.3, 0.4) is 0 Å². The van der Waals surface area contributed by atoms with Gasteiger partial charge in [-0.05, 0) is 0 Å². The maximum absolute atomic E-state index is 12.0. The molecular formula is C17H29NO15. The highest BCUT2D eigenvalue weighted by atomic mass is 16.7. The van der Waals surface area contributed by atoms with Gasteiger partial charge in [-0.1, -0.05) is 0 Å². The van der Waals surface area contributed by atoms with Gasteiger partial charge in [-0.3, -0.25) is 4.79 Å². The van der Waals surface area contributed by atoms with Crippen LogP contribution in [0.15, 0.2) is 0 Å². The molecule has 0 radical (unpaired) electrons. The summed E-state index contributed by atoms with van der Waals surface area (Å²) >= 11 is 0. The number of aliphatic carboxylic acids is 1. The van der Waals surface area contributed by atoms with Crippen LogP contribution in [0.4, 0.5) is 0 Å². The fourth-order valence-electron chi connectivity index (χ4n) is 3.56. The van der Waals surface area contributed by atoms with Crippen LogP contribution in [0.25, 0.3) is 0 Å². The first-order chi connectivity index (χ1) is 15.4. The van der Waals surface area contributed by atoms with E-state index in [2.05, 4.69) is 5.32 Å². The number of carbonyl (C=O) groups is 2. The van der Waals surface area contributed by atoms with Crippen molar-refractivity contribution in [1.82, 2.24) is 5.32 Å². The van der Waals surface area contributed by atoms with Gasteiger partial charge in [0.25, 0.3) is 5.79 Å². The van der Waals surface area contributed by atoms with Crippen LogP contribution in [0.2, 0.25) is 0 Å². The summed E-state index contributed by atoms with van der Waals surface area (Å²) in [5.74, 6) is -5.62. The Kier molecular flexibility index (Phi) is 9.45. The van der Waals surface area contributed by atoms with Crippen LogP contribution in [0.5, 0.6) is 0 Å². The Labute approximate surface area is 186 Å². The van der Waals surface area contributed by atoms with Gasteiger partial charge in [-0.25, -0.2) is 4.79 Å². The summed E-state index contributed by atoms with van der Waals surface area (Å²) in [6.45, 7) is -2.89. The fraction of sp³-hybridized carbons (Fsp3) is 0.882. The Morgan fingerprint density at radius 2 is 1.70 bits per heavy atom. The molecule has 1 amide bonds. The standard InChI is InChI=1S/C17H29NO15/c19-2-6(22)10(24)14-9(18-8(23)3-20)5(21)1-17(33-14,16(29)30)31-4-7-11(25)12(26)13(27)15(28)32-7/h5-7,9-15,19-22,24-28H,1-4H2,(H,18,23)(H,29,30)/t5-,6+,7+,9-,10+,11-,12-,13+,14+,15+,17+/m0/s1. The van der Waals surface area contributed by atoms with Gasteiger partial charge in [0.1, 0.15) is 49.3 Å². The highest BCUT2D eigenvalue weighted by Gasteiger charge is 2.56. The largest absolute Gasteiger partial charge is 0.477 e. The highest BCUT2D eigenvalue weighted by molar-refractivity contribution is 5.78. The number of aliphatic hydroxyl groups excluding tert-OH is 9. The number of ether oxygens (including phenoxy) is 3. The molecule has 2 heterocycles. The van der Waals surface area contributed by atoms with E-state index in [4.69, 9.17) is 24.4 Å². The highest BCUT2D eigenvalue weighted by Crippen LogP contribution is 2.34. The van der Waals surface area contributed by atoms with Gasteiger partial charge in [-0.15, -0.1) is 0 Å². The molecule has 2 aliphatic rings. The van der Waals surface area contributed by atoms with E-state index in [1.54, 1.807) is 0 Å². The van der Waals surface area contributed by atoms with Crippen molar-refractivity contribution in [2.75, 3.05) is 19.8 Å². The van der Waals surface area contributed by atoms with E-state index in [9.17, 15) is 50.4 Å². The van der Waals surface area contributed by atoms with Crippen LogP contribution < -0.4 is 5.32 Å². The van der Waals surface area contributed by atoms with Crippen molar-refractivity contribution in [2.45, 2.75) is 73.4 Å². The van der Waals surface area contributed by atoms with Crippen molar-refractivity contribution in [1.29, 1.82) is 0 Å². The SMILES string of the molecule is O=C(CO)N[C@@H]1[C@H]([C@H](O)[C@H](O)CO)O[C@@](OC[C@H]2O[C@@H](O)[C@H](O)[C@@H](O)[C@H]2O)(C(=O)O)C[C@@H]1O. The monoisotopic (exact) mass is 487 g/mol. The predicted octanol–water partition coefficient (Wildman–Crippen LogP) is -7.08. The lowest BCUT2D eigenvalue weighted by molar-refractivity contribution is -0.334. The predicted molar refractivity (Wildman–Crippen MR) is 98.8 cm³/mol. The maximum atomic E-state index is 12.0. The molecule has 11 N–H and O–H groups in total. The number of aliphatic hydroxyl groups is 9. The Morgan fingerprint density at radius 3 is 2.24 bits per heavy atom. The van der Waals surface area contributed by atoms with E-state index in [1.807, 2.05) is 0 Å². The first-order valence-electron chi connectivity index (χ1n) is 9.86. The Hall–Kier alpha value is -1.54. The first-order valence-corrected chi connectivity index (χ1v) is 9.86. The third-order valence-electron chi connectivity index (χ3n) is 5.46. The molecular weight excluding hydrogens is 458 g/mol. The van der Waals surface area contributed by atoms with Gasteiger partial charge in [0, 0.05) is 6.42 Å². The Bertz CT molecular complexity index is 681. The number of hydrogen-bond acceptors (Lipinski definition) is 14. The maximum Gasteiger partial charge on any atom is 0.364 e. The number of nitrogens with one attached hydrogen (secondary N) is 1. The van der Waals surface area contributed by atoms with Gasteiger partial charge in [-0.2, -0.15) is 0 Å². The number of rotatable bonds is 9. The second-order valence-electron chi connectivity index (χ2n) is 7.75. The molecule has 2 fully saturated rings. The summed E-state index contributed by atoms with van der Waals surface area (Å²) in [6.07, 6.45) is -17.5. The molecule has 16 heteroatoms. The second kappa shape index (κ2) is 11.3. The molecule has 2 aliphatic heterocycles. The van der Waals surface area contributed by atoms with Crippen molar-refractivity contribution in [3.8, 4) is 0 Å². The molecule has 0 aromatic carbocycles. The Balaban J connectivity index is 2.28. The summed E-state index contributed by atoms with van der Waals surface area (Å²) in [5, 5.41) is 99.4. The quantitative estimate of drug-likeness (QED) is 0.144. The number of carboxylic acid groups (broad SMARTS) is 1. The molecule has 33 heavy (non-hydrogen) atoms. The van der Waals surface area contributed by atoms with Gasteiger partial charge >= 0.3 is 5.97 Å². The second-order valence-corrected chi connectivity index (χ2v) is 7.75. The average Bonchev–Trinajstić information content (AvgIpc) is 2.79. The lowest BCUT2D eigenvalue weighted by atomic mass is 9.88. The van der Waals surface area contributed by atoms with Crippen LogP contribution in [0, 0.1) is 0 Å². The molecule has 2 saturated heterocycles. The summed E-state index contributed by atoms with van der Waals surface area (Å²) in [6, 6.07) is -1.55. The third-order valence-corrected chi connectivity index (χ3v) is 5.46. The van der Waals surface area contributed by atoms with Crippen molar-refractivity contribution in [3.63, 3.8) is 0 Å². The minimum Gasteiger partial charge on any atom is -0.477 e. The molecule has 192 valence electrons. The van der Waals surface area contributed by atoms with E-state index in [0.29, 0.717) is 0 Å². The molecule has 0 aromatic heterocycles. The zero-order chi connectivity index (χ0) is 25.1. The summed E-state index contributed by atoms with van der Waals surface area (Å²) in [4.78, 5) is 23.6. The van der Waals surface area contributed by atoms with Crippen molar-refractivity contribution in [3.05, 3.63) is 0 Å². The van der Waals surface area contributed by atoms with E-state index in [-0.39, 0.29) is 0 Å². The normalized spacial score (nSPS) is 41.2. The molecule has 0 aromatic rings. The van der Waals surface area contributed by atoms with E-state index in [1.165, 1.54) is 0 Å². The molecule has 0 saturated carbocycles. The van der Waals surface area contributed by atoms with Crippen molar-refractivity contribution < 1.29 is 74.9 Å². The molecule has 2 rings (SSSR count). The van der Waals surface area contributed by atoms with Gasteiger partial charge < -0.3 is 70.6 Å². The van der Waals surface area contributed by atoms with Crippen LogP contribution in [-0.4, -0.2) is 150 Å². The summed E-state index contributed by atoms with van der Waals surface area (Å²) in [7, 11) is 0. The van der Waals surface area contributed by atoms with Crippen molar-refractivity contribution >= 4 is 11.9 Å². The van der Waals surface area contributed by atoms with Crippen LogP contribution in [0.1, 0.15) is 6.42 Å². The third kappa shape index (κ3) is 5.94. The molecule has 0 aliphatic carbocycles. The summed E-state index contributed by atoms with van der Waals surface area (Å²) < 4.78 is 15.5. The molecule has 11 atom stereocenters. The summed E-state index contributed by atoms with van der Waals surface area (Å²) in [5.41, 5.74) is 0. The van der Waals surface area contributed by atoms with Gasteiger partial charge in [0.05, 0.1) is 25.4 Å². The fourth-order valence-corrected chi connectivity index (χ4v) is 3.56. The smallest absolute Gasteiger partial charge is 0.364 e. The number of hydrogen-bond donors (Lipinski definition) is 11. The van der Waals surface area contributed by atoms with Crippen LogP contribution in [-0.2, 0) is 23.8 Å². The van der Waals surface area contributed by atoms with E-state index >= 15 is 0 Å². The molecule has 0 spiro atoms. The average molecular weight is 487 g/mol. The minimum absolute atomic E-state index is 0.861. The Morgan fingerprint density at radius 1 is 1.06 bits per heavy atom.